The highest BCUT2D eigenvalue weighted by molar-refractivity contribution is 5.93. The number of carboxylic acids is 2. The molecular weight excluding hydrogens is 426 g/mol. The summed E-state index contributed by atoms with van der Waals surface area (Å²) in [5, 5.41) is 17.1. The van der Waals surface area contributed by atoms with Crippen molar-refractivity contribution in [2.45, 2.75) is 45.6 Å². The third kappa shape index (κ3) is 15.3. The normalized spacial score (nSPS) is 10.4. The number of aliphatic carboxylic acids is 2. The lowest BCUT2D eigenvalue weighted by Gasteiger charge is -2.20. The molecule has 14 heteroatoms. The van der Waals surface area contributed by atoms with E-state index in [1.807, 2.05) is 0 Å². The van der Waals surface area contributed by atoms with Crippen molar-refractivity contribution in [3.8, 4) is 0 Å². The SMILES string of the molecule is CC(=O)O.CC(=O)O.CN(C(=O)C[C@@H](N)CCCCN)c1cn(C)c(NC(N)=O)nc1=O. The number of nitrogens with zero attached hydrogens (tertiary/aromatic N) is 3. The Morgan fingerprint density at radius 1 is 1.19 bits per heavy atom. The molecule has 0 aliphatic heterocycles. The molecule has 0 bridgehead atoms. The average molecular weight is 460 g/mol. The first-order chi connectivity index (χ1) is 14.7. The fraction of sp³-hybridized carbons (Fsp3) is 0.556. The maximum atomic E-state index is 12.3. The first-order valence-electron chi connectivity index (χ1n) is 9.48. The molecule has 0 saturated heterocycles. The van der Waals surface area contributed by atoms with Gasteiger partial charge in [-0.3, -0.25) is 24.5 Å². The average Bonchev–Trinajstić information content (AvgIpc) is 2.62. The summed E-state index contributed by atoms with van der Waals surface area (Å²) in [6.45, 7) is 2.76. The lowest BCUT2D eigenvalue weighted by atomic mass is 10.1. The van der Waals surface area contributed by atoms with Gasteiger partial charge in [0.1, 0.15) is 5.69 Å². The molecule has 0 aliphatic rings. The topological polar surface area (TPSA) is 237 Å². The number of nitrogens with one attached hydrogen (secondary N) is 1. The number of aryl methyl sites for hydroxylation is 1. The zero-order chi connectivity index (χ0) is 25.4. The molecule has 0 fully saturated rings. The van der Waals surface area contributed by atoms with Crippen molar-refractivity contribution in [1.82, 2.24) is 9.55 Å². The van der Waals surface area contributed by atoms with E-state index in [-0.39, 0.29) is 30.0 Å². The summed E-state index contributed by atoms with van der Waals surface area (Å²) in [7, 11) is 3.05. The molecule has 9 N–H and O–H groups in total. The van der Waals surface area contributed by atoms with Gasteiger partial charge in [-0.05, 0) is 19.4 Å². The third-order valence-corrected chi connectivity index (χ3v) is 3.51. The largest absolute Gasteiger partial charge is 0.481 e. The molecular formula is C18H33N7O7. The van der Waals surface area contributed by atoms with Crippen LogP contribution in [0.4, 0.5) is 16.4 Å². The first-order valence-corrected chi connectivity index (χ1v) is 9.48. The standard InChI is InChI=1S/C14H25N7O3.2C2H4O2/c1-20-8-10(12(23)18-14(20)19-13(17)24)21(2)11(22)7-9(16)5-3-4-6-15;2*1-2(3)4/h8-9H,3-7,15-16H2,1-2H3,(H3,17,18,19,23,24);2*1H3,(H,3,4)/t9-;;/m0../s1. The van der Waals surface area contributed by atoms with Crippen LogP contribution in [0.1, 0.15) is 39.5 Å². The van der Waals surface area contributed by atoms with Gasteiger partial charge < -0.3 is 36.9 Å². The highest BCUT2D eigenvalue weighted by Crippen LogP contribution is 2.11. The van der Waals surface area contributed by atoms with Crippen molar-refractivity contribution >= 4 is 35.5 Å². The lowest BCUT2D eigenvalue weighted by Crippen LogP contribution is -2.37. The molecule has 182 valence electrons. The van der Waals surface area contributed by atoms with E-state index in [1.165, 1.54) is 22.7 Å². The molecule has 32 heavy (non-hydrogen) atoms. The Morgan fingerprint density at radius 3 is 2.12 bits per heavy atom. The van der Waals surface area contributed by atoms with Gasteiger partial charge >= 0.3 is 6.03 Å². The van der Waals surface area contributed by atoms with Crippen molar-refractivity contribution in [3.63, 3.8) is 0 Å². The molecule has 0 aromatic carbocycles. The minimum absolute atomic E-state index is 0.00409. The second-order valence-corrected chi connectivity index (χ2v) is 6.59. The molecule has 14 nitrogen and oxygen atoms in total. The van der Waals surface area contributed by atoms with Gasteiger partial charge in [-0.1, -0.05) is 6.42 Å². The molecule has 1 atom stereocenters. The molecule has 0 spiro atoms. The number of nitrogens with two attached hydrogens (primary N) is 3. The third-order valence-electron chi connectivity index (χ3n) is 3.51. The van der Waals surface area contributed by atoms with Crippen molar-refractivity contribution in [3.05, 3.63) is 16.6 Å². The van der Waals surface area contributed by atoms with Crippen LogP contribution in [0.2, 0.25) is 0 Å². The van der Waals surface area contributed by atoms with Crippen LogP contribution in [-0.4, -0.2) is 63.3 Å². The van der Waals surface area contributed by atoms with E-state index in [2.05, 4.69) is 10.3 Å². The maximum absolute atomic E-state index is 12.3. The predicted molar refractivity (Wildman–Crippen MR) is 118 cm³/mol. The zero-order valence-electron chi connectivity index (χ0n) is 18.7. The number of anilines is 2. The molecule has 0 unspecified atom stereocenters. The second kappa shape index (κ2) is 16.2. The molecule has 1 rings (SSSR count). The number of primary amides is 1. The van der Waals surface area contributed by atoms with E-state index in [0.717, 1.165) is 26.7 Å². The summed E-state index contributed by atoms with van der Waals surface area (Å²) in [5.41, 5.74) is 15.8. The van der Waals surface area contributed by atoms with Crippen LogP contribution >= 0.6 is 0 Å². The highest BCUT2D eigenvalue weighted by atomic mass is 16.4. The quantitative estimate of drug-likeness (QED) is 0.266. The van der Waals surface area contributed by atoms with E-state index in [1.54, 1.807) is 7.05 Å². The van der Waals surface area contributed by atoms with Gasteiger partial charge in [0.2, 0.25) is 11.9 Å². The van der Waals surface area contributed by atoms with Crippen molar-refractivity contribution in [2.75, 3.05) is 23.8 Å². The Morgan fingerprint density at radius 2 is 1.69 bits per heavy atom. The Balaban J connectivity index is 0. The van der Waals surface area contributed by atoms with E-state index >= 15 is 0 Å². The van der Waals surface area contributed by atoms with Crippen molar-refractivity contribution in [2.24, 2.45) is 24.2 Å². The number of hydrogen-bond donors (Lipinski definition) is 6. The minimum Gasteiger partial charge on any atom is -0.481 e. The minimum atomic E-state index is -0.835. The Bertz CT molecular complexity index is 806. The first kappa shape index (κ1) is 30.7. The second-order valence-electron chi connectivity index (χ2n) is 6.59. The number of aromatic nitrogens is 2. The van der Waals surface area contributed by atoms with Crippen LogP contribution in [0.15, 0.2) is 11.0 Å². The molecule has 0 aliphatic carbocycles. The molecule has 0 radical (unpaired) electrons. The Hall–Kier alpha value is -3.52. The van der Waals surface area contributed by atoms with Gasteiger partial charge in [0.15, 0.2) is 0 Å². The van der Waals surface area contributed by atoms with E-state index in [4.69, 9.17) is 37.0 Å². The predicted octanol–water partition coefficient (Wildman–Crippen LogP) is -0.738. The molecule has 1 heterocycles. The van der Waals surface area contributed by atoms with Crippen molar-refractivity contribution in [1.29, 1.82) is 0 Å². The number of hydrogen-bond acceptors (Lipinski definition) is 8. The van der Waals surface area contributed by atoms with Crippen LogP contribution in [0.3, 0.4) is 0 Å². The van der Waals surface area contributed by atoms with Gasteiger partial charge in [0.25, 0.3) is 17.5 Å². The summed E-state index contributed by atoms with van der Waals surface area (Å²) in [4.78, 5) is 58.1. The highest BCUT2D eigenvalue weighted by Gasteiger charge is 2.19. The van der Waals surface area contributed by atoms with Gasteiger partial charge in [-0.15, -0.1) is 0 Å². The van der Waals surface area contributed by atoms with Crippen LogP contribution in [0, 0.1) is 0 Å². The lowest BCUT2D eigenvalue weighted by molar-refractivity contribution is -0.135. The van der Waals surface area contributed by atoms with Crippen LogP contribution < -0.4 is 33.0 Å². The number of amides is 3. The van der Waals surface area contributed by atoms with Gasteiger partial charge in [-0.2, -0.15) is 4.98 Å². The van der Waals surface area contributed by atoms with Crippen LogP contribution in [0.5, 0.6) is 0 Å². The summed E-state index contributed by atoms with van der Waals surface area (Å²) < 4.78 is 1.40. The number of unbranched alkanes of at least 4 members (excludes halogenated alkanes) is 1. The molecule has 1 aromatic heterocycles. The van der Waals surface area contributed by atoms with E-state index in [0.29, 0.717) is 13.0 Å². The monoisotopic (exact) mass is 459 g/mol. The molecule has 0 saturated carbocycles. The van der Waals surface area contributed by atoms with E-state index < -0.39 is 23.5 Å². The van der Waals surface area contributed by atoms with Crippen LogP contribution in [-0.2, 0) is 21.4 Å². The van der Waals surface area contributed by atoms with Gasteiger partial charge in [-0.25, -0.2) is 4.79 Å². The van der Waals surface area contributed by atoms with Gasteiger partial charge in [0, 0.05) is 46.6 Å². The van der Waals surface area contributed by atoms with Gasteiger partial charge in [0.05, 0.1) is 0 Å². The fourth-order valence-electron chi connectivity index (χ4n) is 2.14. The summed E-state index contributed by atoms with van der Waals surface area (Å²) >= 11 is 0. The molecule has 1 aromatic rings. The maximum Gasteiger partial charge on any atom is 0.318 e. The summed E-state index contributed by atoms with van der Waals surface area (Å²) in [5.74, 6) is -1.96. The zero-order valence-corrected chi connectivity index (χ0v) is 18.7. The number of urea groups is 1. The number of carboxylic acid groups (broad SMARTS) is 2. The van der Waals surface area contributed by atoms with Crippen LogP contribution in [0.25, 0.3) is 0 Å². The smallest absolute Gasteiger partial charge is 0.318 e. The number of carbonyl (C=O) groups excluding carboxylic acids is 2. The fourth-order valence-corrected chi connectivity index (χ4v) is 2.14. The Labute approximate surface area is 185 Å². The summed E-state index contributed by atoms with van der Waals surface area (Å²) in [6, 6.07) is -1.13. The number of carbonyl (C=O) groups is 4. The van der Waals surface area contributed by atoms with E-state index in [9.17, 15) is 14.4 Å². The van der Waals surface area contributed by atoms with Crippen molar-refractivity contribution < 1.29 is 29.4 Å². The number of rotatable bonds is 8. The Kier molecular flexibility index (Phi) is 15.5. The molecule has 3 amide bonds. The summed E-state index contributed by atoms with van der Waals surface area (Å²) in [6.07, 6.45) is 3.92.